The van der Waals surface area contributed by atoms with E-state index in [1.165, 1.54) is 31.4 Å². The standard InChI is InChI=1S/C18H21FN4/c1-22-15-3-2-4-16(22)12-23(11-15)18-10-9-17(20-21-18)13-5-7-14(19)8-6-13/h5-10,15-16H,2-4,11-12H2,1H3. The molecule has 0 radical (unpaired) electrons. The van der Waals surface area contributed by atoms with E-state index in [2.05, 4.69) is 27.0 Å². The summed E-state index contributed by atoms with van der Waals surface area (Å²) in [6, 6.07) is 11.6. The van der Waals surface area contributed by atoms with Crippen LogP contribution in [0.3, 0.4) is 0 Å². The highest BCUT2D eigenvalue weighted by Crippen LogP contribution is 2.29. The predicted molar refractivity (Wildman–Crippen MR) is 88.8 cm³/mol. The Morgan fingerprint density at radius 3 is 2.26 bits per heavy atom. The molecule has 0 amide bonds. The van der Waals surface area contributed by atoms with Crippen molar-refractivity contribution in [2.24, 2.45) is 0 Å². The van der Waals surface area contributed by atoms with Crippen molar-refractivity contribution >= 4 is 5.82 Å². The van der Waals surface area contributed by atoms with Crippen LogP contribution in [-0.4, -0.2) is 47.3 Å². The van der Waals surface area contributed by atoms with Gasteiger partial charge in [-0.15, -0.1) is 10.2 Å². The summed E-state index contributed by atoms with van der Waals surface area (Å²) in [4.78, 5) is 4.89. The van der Waals surface area contributed by atoms with E-state index in [0.717, 1.165) is 30.2 Å². The Morgan fingerprint density at radius 1 is 0.957 bits per heavy atom. The van der Waals surface area contributed by atoms with Gasteiger partial charge >= 0.3 is 0 Å². The molecule has 0 N–H and O–H groups in total. The first kappa shape index (κ1) is 14.6. The molecule has 23 heavy (non-hydrogen) atoms. The highest BCUT2D eigenvalue weighted by molar-refractivity contribution is 5.59. The lowest BCUT2D eigenvalue weighted by atomic mass is 9.92. The average molecular weight is 312 g/mol. The average Bonchev–Trinajstić information content (AvgIpc) is 2.56. The summed E-state index contributed by atoms with van der Waals surface area (Å²) in [7, 11) is 2.25. The van der Waals surface area contributed by atoms with Gasteiger partial charge in [0, 0.05) is 30.7 Å². The minimum absolute atomic E-state index is 0.234. The molecular formula is C18H21FN4. The normalized spacial score (nSPS) is 24.7. The van der Waals surface area contributed by atoms with E-state index in [0.29, 0.717) is 12.1 Å². The van der Waals surface area contributed by atoms with Crippen LogP contribution < -0.4 is 4.90 Å². The molecule has 4 rings (SSSR count). The zero-order chi connectivity index (χ0) is 15.8. The Morgan fingerprint density at radius 2 is 1.65 bits per heavy atom. The summed E-state index contributed by atoms with van der Waals surface area (Å²) < 4.78 is 13.0. The molecule has 0 aliphatic carbocycles. The Kier molecular flexibility index (Phi) is 3.73. The number of piperazine rings is 1. The summed E-state index contributed by atoms with van der Waals surface area (Å²) in [5, 5.41) is 8.76. The number of likely N-dealkylation sites (N-methyl/N-ethyl adjacent to an activating group) is 1. The van der Waals surface area contributed by atoms with E-state index < -0.39 is 0 Å². The van der Waals surface area contributed by atoms with E-state index in [-0.39, 0.29) is 5.82 Å². The van der Waals surface area contributed by atoms with E-state index >= 15 is 0 Å². The zero-order valence-corrected chi connectivity index (χ0v) is 13.3. The van der Waals surface area contributed by atoms with Gasteiger partial charge in [-0.25, -0.2) is 4.39 Å². The van der Waals surface area contributed by atoms with Gasteiger partial charge in [0.05, 0.1) is 5.69 Å². The monoisotopic (exact) mass is 312 g/mol. The fourth-order valence-electron chi connectivity index (χ4n) is 3.77. The molecule has 2 atom stereocenters. The molecule has 0 spiro atoms. The maximum absolute atomic E-state index is 13.0. The molecule has 2 bridgehead atoms. The van der Waals surface area contributed by atoms with Crippen LogP contribution in [0.5, 0.6) is 0 Å². The van der Waals surface area contributed by atoms with Crippen molar-refractivity contribution in [1.82, 2.24) is 15.1 Å². The quantitative estimate of drug-likeness (QED) is 0.853. The highest BCUT2D eigenvalue weighted by atomic mass is 19.1. The second-order valence-corrected chi connectivity index (χ2v) is 6.59. The van der Waals surface area contributed by atoms with Gasteiger partial charge in [0.15, 0.2) is 5.82 Å². The molecule has 2 aromatic rings. The Balaban J connectivity index is 1.53. The second kappa shape index (κ2) is 5.89. The summed E-state index contributed by atoms with van der Waals surface area (Å²) in [5.74, 6) is 0.711. The highest BCUT2D eigenvalue weighted by Gasteiger charge is 2.35. The van der Waals surface area contributed by atoms with E-state index in [1.54, 1.807) is 12.1 Å². The SMILES string of the molecule is CN1C2CCCC1CN(c1ccc(-c3ccc(F)cc3)nn1)C2. The van der Waals surface area contributed by atoms with Gasteiger partial charge in [0.1, 0.15) is 5.82 Å². The number of hydrogen-bond acceptors (Lipinski definition) is 4. The molecule has 2 aliphatic rings. The van der Waals surface area contributed by atoms with Crippen molar-refractivity contribution in [3.63, 3.8) is 0 Å². The number of halogens is 1. The molecule has 0 saturated carbocycles. The van der Waals surface area contributed by atoms with E-state index in [9.17, 15) is 4.39 Å². The minimum atomic E-state index is -0.234. The molecule has 2 unspecified atom stereocenters. The third kappa shape index (κ3) is 2.81. The minimum Gasteiger partial charge on any atom is -0.352 e. The van der Waals surface area contributed by atoms with Crippen LogP contribution in [0.4, 0.5) is 10.2 Å². The fourth-order valence-corrected chi connectivity index (χ4v) is 3.77. The van der Waals surface area contributed by atoms with E-state index in [4.69, 9.17) is 0 Å². The first-order valence-corrected chi connectivity index (χ1v) is 8.27. The number of fused-ring (bicyclic) bond motifs is 2. The van der Waals surface area contributed by atoms with Crippen LogP contribution in [0.2, 0.25) is 0 Å². The first-order valence-electron chi connectivity index (χ1n) is 8.27. The molecular weight excluding hydrogens is 291 g/mol. The molecule has 1 aromatic carbocycles. The van der Waals surface area contributed by atoms with Crippen LogP contribution in [0.25, 0.3) is 11.3 Å². The Bertz CT molecular complexity index is 656. The van der Waals surface area contributed by atoms with Crippen molar-refractivity contribution in [3.8, 4) is 11.3 Å². The van der Waals surface area contributed by atoms with Crippen LogP contribution in [0, 0.1) is 5.82 Å². The third-order valence-corrected chi connectivity index (χ3v) is 5.20. The summed E-state index contributed by atoms with van der Waals surface area (Å²) >= 11 is 0. The topological polar surface area (TPSA) is 32.3 Å². The molecule has 4 nitrogen and oxygen atoms in total. The molecule has 120 valence electrons. The van der Waals surface area contributed by atoms with Crippen molar-refractivity contribution < 1.29 is 4.39 Å². The number of hydrogen-bond donors (Lipinski definition) is 0. The molecule has 3 heterocycles. The molecule has 1 aromatic heterocycles. The van der Waals surface area contributed by atoms with Crippen molar-refractivity contribution in [2.45, 2.75) is 31.3 Å². The Hall–Kier alpha value is -2.01. The first-order chi connectivity index (χ1) is 11.2. The molecule has 2 fully saturated rings. The van der Waals surface area contributed by atoms with Crippen LogP contribution in [0.15, 0.2) is 36.4 Å². The van der Waals surface area contributed by atoms with Gasteiger partial charge in [-0.1, -0.05) is 6.42 Å². The summed E-state index contributed by atoms with van der Waals surface area (Å²) in [6.07, 6.45) is 3.87. The lowest BCUT2D eigenvalue weighted by Crippen LogP contribution is -2.59. The molecule has 2 saturated heterocycles. The lowest BCUT2D eigenvalue weighted by molar-refractivity contribution is 0.0946. The number of piperidine rings is 1. The molecule has 5 heteroatoms. The number of aromatic nitrogens is 2. The maximum Gasteiger partial charge on any atom is 0.151 e. The van der Waals surface area contributed by atoms with Crippen LogP contribution >= 0.6 is 0 Å². The lowest BCUT2D eigenvalue weighted by Gasteiger charge is -2.48. The van der Waals surface area contributed by atoms with Gasteiger partial charge in [0.2, 0.25) is 0 Å². The molecule has 2 aliphatic heterocycles. The predicted octanol–water partition coefficient (Wildman–Crippen LogP) is 2.96. The number of rotatable bonds is 2. The van der Waals surface area contributed by atoms with Crippen molar-refractivity contribution in [3.05, 3.63) is 42.2 Å². The fraction of sp³-hybridized carbons (Fsp3) is 0.444. The number of anilines is 1. The van der Waals surface area contributed by atoms with E-state index in [1.807, 2.05) is 12.1 Å². The zero-order valence-electron chi connectivity index (χ0n) is 13.3. The summed E-state index contributed by atoms with van der Waals surface area (Å²) in [5.41, 5.74) is 1.67. The van der Waals surface area contributed by atoms with Gasteiger partial charge < -0.3 is 4.90 Å². The Labute approximate surface area is 135 Å². The van der Waals surface area contributed by atoms with Gasteiger partial charge in [-0.2, -0.15) is 0 Å². The summed E-state index contributed by atoms with van der Waals surface area (Å²) in [6.45, 7) is 2.05. The van der Waals surface area contributed by atoms with Gasteiger partial charge in [-0.05, 0) is 56.3 Å². The second-order valence-electron chi connectivity index (χ2n) is 6.59. The van der Waals surface area contributed by atoms with Crippen molar-refractivity contribution in [1.29, 1.82) is 0 Å². The maximum atomic E-state index is 13.0. The largest absolute Gasteiger partial charge is 0.352 e. The van der Waals surface area contributed by atoms with Gasteiger partial charge in [-0.3, -0.25) is 4.90 Å². The third-order valence-electron chi connectivity index (χ3n) is 5.20. The number of benzene rings is 1. The van der Waals surface area contributed by atoms with Crippen LogP contribution in [-0.2, 0) is 0 Å². The van der Waals surface area contributed by atoms with Crippen molar-refractivity contribution in [2.75, 3.05) is 25.0 Å². The smallest absolute Gasteiger partial charge is 0.151 e. The number of nitrogens with zero attached hydrogens (tertiary/aromatic N) is 4. The van der Waals surface area contributed by atoms with Crippen LogP contribution in [0.1, 0.15) is 19.3 Å². The van der Waals surface area contributed by atoms with Gasteiger partial charge in [0.25, 0.3) is 0 Å².